The lowest BCUT2D eigenvalue weighted by Crippen LogP contribution is -2.44. The van der Waals surface area contributed by atoms with E-state index in [1.807, 2.05) is 25.1 Å². The first-order valence-electron chi connectivity index (χ1n) is 8.11. The third-order valence-electron chi connectivity index (χ3n) is 3.81. The fraction of sp³-hybridized carbons (Fsp3) is 0.588. The van der Waals surface area contributed by atoms with E-state index in [2.05, 4.69) is 10.2 Å². The summed E-state index contributed by atoms with van der Waals surface area (Å²) in [6.07, 6.45) is 0.118. The lowest BCUT2D eigenvalue weighted by atomic mass is 10.2. The molecule has 23 heavy (non-hydrogen) atoms. The van der Waals surface area contributed by atoms with Gasteiger partial charge in [0.1, 0.15) is 11.5 Å². The van der Waals surface area contributed by atoms with Crippen molar-refractivity contribution in [3.63, 3.8) is 0 Å². The van der Waals surface area contributed by atoms with Crippen LogP contribution in [0.15, 0.2) is 24.3 Å². The molecule has 6 nitrogen and oxygen atoms in total. The zero-order chi connectivity index (χ0) is 16.5. The maximum atomic E-state index is 12.3. The largest absolute Gasteiger partial charge is 0.497 e. The van der Waals surface area contributed by atoms with Crippen LogP contribution in [0.3, 0.4) is 0 Å². The Morgan fingerprint density at radius 2 is 2.09 bits per heavy atom. The van der Waals surface area contributed by atoms with Crippen LogP contribution in [0.2, 0.25) is 0 Å². The first kappa shape index (κ1) is 17.6. The molecule has 0 saturated carbocycles. The average molecular weight is 322 g/mol. The van der Waals surface area contributed by atoms with Gasteiger partial charge in [-0.05, 0) is 18.6 Å². The van der Waals surface area contributed by atoms with Crippen molar-refractivity contribution in [2.45, 2.75) is 19.4 Å². The quantitative estimate of drug-likeness (QED) is 0.782. The highest BCUT2D eigenvalue weighted by Gasteiger charge is 2.18. The molecule has 1 aliphatic rings. The predicted molar refractivity (Wildman–Crippen MR) is 88.0 cm³/mol. The zero-order valence-electron chi connectivity index (χ0n) is 13.9. The van der Waals surface area contributed by atoms with Gasteiger partial charge in [0, 0.05) is 32.2 Å². The summed E-state index contributed by atoms with van der Waals surface area (Å²) in [6.45, 7) is 6.78. The molecule has 1 heterocycles. The summed E-state index contributed by atoms with van der Waals surface area (Å²) in [6, 6.07) is 7.29. The Labute approximate surface area is 137 Å². The number of carbonyl (C=O) groups is 1. The van der Waals surface area contributed by atoms with Gasteiger partial charge in [-0.15, -0.1) is 0 Å². The fourth-order valence-electron chi connectivity index (χ4n) is 2.44. The number of carbonyl (C=O) groups excluding carboxylic acids is 1. The molecule has 6 heteroatoms. The van der Waals surface area contributed by atoms with Gasteiger partial charge in [0.05, 0.1) is 20.3 Å². The van der Waals surface area contributed by atoms with Crippen LogP contribution in [0.25, 0.3) is 0 Å². The van der Waals surface area contributed by atoms with Crippen molar-refractivity contribution in [1.82, 2.24) is 10.2 Å². The molecule has 2 rings (SSSR count). The first-order valence-corrected chi connectivity index (χ1v) is 8.11. The highest BCUT2D eigenvalue weighted by Crippen LogP contribution is 2.20. The number of nitrogens with zero attached hydrogens (tertiary/aromatic N) is 1. The lowest BCUT2D eigenvalue weighted by molar-refractivity contribution is -0.128. The summed E-state index contributed by atoms with van der Waals surface area (Å²) in [5, 5.41) is 2.95. The van der Waals surface area contributed by atoms with E-state index in [1.165, 1.54) is 0 Å². The van der Waals surface area contributed by atoms with Crippen molar-refractivity contribution in [2.24, 2.45) is 0 Å². The second kappa shape index (κ2) is 9.37. The number of nitrogens with one attached hydrogen (secondary N) is 1. The standard InChI is InChI=1S/C17H26N2O4/c1-3-16(23-15-6-4-5-14(13-15)21-2)17(20)18-7-8-19-9-11-22-12-10-19/h4-6,13,16H,3,7-12H2,1-2H3,(H,18,20)/t16-/m0/s1. The van der Waals surface area contributed by atoms with Crippen LogP contribution >= 0.6 is 0 Å². The number of ether oxygens (including phenoxy) is 3. The van der Waals surface area contributed by atoms with Gasteiger partial charge < -0.3 is 19.5 Å². The molecule has 128 valence electrons. The van der Waals surface area contributed by atoms with Crippen molar-refractivity contribution in [3.05, 3.63) is 24.3 Å². The van der Waals surface area contributed by atoms with Crippen LogP contribution in [0.1, 0.15) is 13.3 Å². The van der Waals surface area contributed by atoms with Gasteiger partial charge in [-0.1, -0.05) is 13.0 Å². The van der Waals surface area contributed by atoms with E-state index in [0.717, 1.165) is 32.8 Å². The molecule has 1 amide bonds. The average Bonchev–Trinajstić information content (AvgIpc) is 2.60. The van der Waals surface area contributed by atoms with Crippen LogP contribution in [-0.2, 0) is 9.53 Å². The maximum absolute atomic E-state index is 12.3. The molecule has 0 spiro atoms. The maximum Gasteiger partial charge on any atom is 0.261 e. The van der Waals surface area contributed by atoms with Gasteiger partial charge in [0.25, 0.3) is 5.91 Å². The van der Waals surface area contributed by atoms with E-state index in [4.69, 9.17) is 14.2 Å². The molecule has 1 atom stereocenters. The van der Waals surface area contributed by atoms with E-state index in [1.54, 1.807) is 13.2 Å². The van der Waals surface area contributed by atoms with E-state index in [0.29, 0.717) is 24.5 Å². The third-order valence-corrected chi connectivity index (χ3v) is 3.81. The summed E-state index contributed by atoms with van der Waals surface area (Å²) >= 11 is 0. The molecular weight excluding hydrogens is 296 g/mol. The summed E-state index contributed by atoms with van der Waals surface area (Å²) in [4.78, 5) is 14.5. The Morgan fingerprint density at radius 3 is 2.78 bits per heavy atom. The Balaban J connectivity index is 1.78. The molecule has 1 N–H and O–H groups in total. The number of hydrogen-bond acceptors (Lipinski definition) is 5. The Hall–Kier alpha value is -1.79. The summed E-state index contributed by atoms with van der Waals surface area (Å²) < 4.78 is 16.3. The summed E-state index contributed by atoms with van der Waals surface area (Å²) in [5.41, 5.74) is 0. The number of rotatable bonds is 8. The Bertz CT molecular complexity index is 489. The van der Waals surface area contributed by atoms with Crippen LogP contribution < -0.4 is 14.8 Å². The van der Waals surface area contributed by atoms with E-state index >= 15 is 0 Å². The number of amides is 1. The molecule has 0 bridgehead atoms. The van der Waals surface area contributed by atoms with Crippen LogP contribution in [0, 0.1) is 0 Å². The van der Waals surface area contributed by atoms with Gasteiger partial charge in [0.2, 0.25) is 0 Å². The molecule has 0 radical (unpaired) electrons. The molecule has 0 aliphatic carbocycles. The second-order valence-corrected chi connectivity index (χ2v) is 5.44. The van der Waals surface area contributed by atoms with Crippen molar-refractivity contribution < 1.29 is 19.0 Å². The second-order valence-electron chi connectivity index (χ2n) is 5.44. The molecule has 1 aromatic carbocycles. The van der Waals surface area contributed by atoms with E-state index in [9.17, 15) is 4.79 Å². The Kier molecular flexibility index (Phi) is 7.16. The minimum Gasteiger partial charge on any atom is -0.497 e. The van der Waals surface area contributed by atoms with Crippen LogP contribution in [-0.4, -0.2) is 63.4 Å². The molecule has 1 fully saturated rings. The van der Waals surface area contributed by atoms with E-state index < -0.39 is 6.10 Å². The van der Waals surface area contributed by atoms with Crippen molar-refractivity contribution in [3.8, 4) is 11.5 Å². The number of methoxy groups -OCH3 is 1. The monoisotopic (exact) mass is 322 g/mol. The molecular formula is C17H26N2O4. The van der Waals surface area contributed by atoms with Crippen LogP contribution in [0.5, 0.6) is 11.5 Å². The third kappa shape index (κ3) is 5.73. The SMILES string of the molecule is CC[C@H](Oc1cccc(OC)c1)C(=O)NCCN1CCOCC1. The highest BCUT2D eigenvalue weighted by atomic mass is 16.5. The molecule has 1 aromatic rings. The van der Waals surface area contributed by atoms with Crippen LogP contribution in [0.4, 0.5) is 0 Å². The van der Waals surface area contributed by atoms with E-state index in [-0.39, 0.29) is 5.91 Å². The van der Waals surface area contributed by atoms with Crippen molar-refractivity contribution in [1.29, 1.82) is 0 Å². The van der Waals surface area contributed by atoms with Gasteiger partial charge in [-0.3, -0.25) is 9.69 Å². The van der Waals surface area contributed by atoms with Gasteiger partial charge in [-0.25, -0.2) is 0 Å². The first-order chi connectivity index (χ1) is 11.2. The highest BCUT2D eigenvalue weighted by molar-refractivity contribution is 5.81. The zero-order valence-corrected chi connectivity index (χ0v) is 13.9. The van der Waals surface area contributed by atoms with Gasteiger partial charge >= 0.3 is 0 Å². The minimum atomic E-state index is -0.494. The fourth-order valence-corrected chi connectivity index (χ4v) is 2.44. The Morgan fingerprint density at radius 1 is 1.35 bits per heavy atom. The predicted octanol–water partition coefficient (Wildman–Crippen LogP) is 1.30. The van der Waals surface area contributed by atoms with Crippen molar-refractivity contribution >= 4 is 5.91 Å². The number of hydrogen-bond donors (Lipinski definition) is 1. The van der Waals surface area contributed by atoms with Crippen molar-refractivity contribution in [2.75, 3.05) is 46.5 Å². The summed E-state index contributed by atoms with van der Waals surface area (Å²) in [5.74, 6) is 1.27. The minimum absolute atomic E-state index is 0.0800. The smallest absolute Gasteiger partial charge is 0.261 e. The lowest BCUT2D eigenvalue weighted by Gasteiger charge is -2.26. The molecule has 0 aromatic heterocycles. The van der Waals surface area contributed by atoms with Gasteiger partial charge in [-0.2, -0.15) is 0 Å². The van der Waals surface area contributed by atoms with Gasteiger partial charge in [0.15, 0.2) is 6.10 Å². The normalized spacial score (nSPS) is 16.6. The number of morpholine rings is 1. The molecule has 1 aliphatic heterocycles. The molecule has 1 saturated heterocycles. The molecule has 0 unspecified atom stereocenters. The topological polar surface area (TPSA) is 60.0 Å². The summed E-state index contributed by atoms with van der Waals surface area (Å²) in [7, 11) is 1.61. The number of benzene rings is 1.